The third-order valence-electron chi connectivity index (χ3n) is 3.40. The van der Waals surface area contributed by atoms with Gasteiger partial charge in [0.05, 0.1) is 7.11 Å². The highest BCUT2D eigenvalue weighted by Gasteiger charge is 2.47. The van der Waals surface area contributed by atoms with E-state index in [9.17, 15) is 9.59 Å². The third kappa shape index (κ3) is 1.86. The molecule has 4 heteroatoms. The number of amides is 1. The summed E-state index contributed by atoms with van der Waals surface area (Å²) in [6.07, 6.45) is 0. The zero-order chi connectivity index (χ0) is 14.1. The van der Waals surface area contributed by atoms with E-state index in [2.05, 4.69) is 0 Å². The van der Waals surface area contributed by atoms with Crippen LogP contribution in [0, 0.1) is 0 Å². The van der Waals surface area contributed by atoms with Crippen LogP contribution in [0.5, 0.6) is 5.75 Å². The van der Waals surface area contributed by atoms with Crippen molar-refractivity contribution >= 4 is 17.4 Å². The molecule has 100 valence electrons. The van der Waals surface area contributed by atoms with Crippen molar-refractivity contribution in [3.05, 3.63) is 60.2 Å². The Hall–Kier alpha value is -2.62. The maximum Gasteiger partial charge on any atom is 0.297 e. The summed E-state index contributed by atoms with van der Waals surface area (Å²) in [5.41, 5.74) is 1.53. The number of carbonyl (C=O) groups excluding carboxylic acids is 2. The Morgan fingerprint density at radius 3 is 2.20 bits per heavy atom. The third-order valence-corrected chi connectivity index (χ3v) is 3.40. The number of β-lactam (4-membered cyclic amide) rings is 1. The molecule has 1 saturated heterocycles. The van der Waals surface area contributed by atoms with Crippen molar-refractivity contribution in [3.63, 3.8) is 0 Å². The van der Waals surface area contributed by atoms with Crippen molar-refractivity contribution < 1.29 is 14.3 Å². The van der Waals surface area contributed by atoms with E-state index in [-0.39, 0.29) is 5.78 Å². The standard InChI is InChI=1S/C16H13NO3/c1-20-13-9-7-12(8-10-13)17-14(15(18)16(17)19)11-5-3-2-4-6-11/h2-10,14H,1H3/t14-/m1/s1. The maximum atomic E-state index is 11.9. The number of anilines is 1. The van der Waals surface area contributed by atoms with Gasteiger partial charge in [-0.25, -0.2) is 0 Å². The molecule has 0 N–H and O–H groups in total. The molecule has 2 aromatic rings. The average Bonchev–Trinajstić information content (AvgIpc) is 2.52. The van der Waals surface area contributed by atoms with Gasteiger partial charge in [0.25, 0.3) is 5.91 Å². The van der Waals surface area contributed by atoms with Gasteiger partial charge < -0.3 is 4.74 Å². The summed E-state index contributed by atoms with van der Waals surface area (Å²) in [7, 11) is 1.58. The lowest BCUT2D eigenvalue weighted by molar-refractivity contribution is -0.143. The van der Waals surface area contributed by atoms with Gasteiger partial charge in [-0.05, 0) is 29.8 Å². The molecule has 1 heterocycles. The van der Waals surface area contributed by atoms with Crippen molar-refractivity contribution in [1.82, 2.24) is 0 Å². The largest absolute Gasteiger partial charge is 0.497 e. The molecule has 0 unspecified atom stereocenters. The minimum atomic E-state index is -0.517. The van der Waals surface area contributed by atoms with E-state index in [1.807, 2.05) is 30.3 Å². The van der Waals surface area contributed by atoms with E-state index in [1.54, 1.807) is 31.4 Å². The van der Waals surface area contributed by atoms with Gasteiger partial charge >= 0.3 is 0 Å². The monoisotopic (exact) mass is 267 g/mol. The summed E-state index contributed by atoms with van der Waals surface area (Å²) in [6.45, 7) is 0. The Morgan fingerprint density at radius 1 is 0.950 bits per heavy atom. The molecule has 1 aliphatic heterocycles. The Labute approximate surface area is 116 Å². The number of ketones is 1. The van der Waals surface area contributed by atoms with Crippen LogP contribution in [0.15, 0.2) is 54.6 Å². The minimum absolute atomic E-state index is 0.369. The molecule has 0 spiro atoms. The first kappa shape index (κ1) is 12.4. The van der Waals surface area contributed by atoms with Crippen molar-refractivity contribution in [3.8, 4) is 5.75 Å². The second-order valence-corrected chi connectivity index (χ2v) is 4.55. The predicted octanol–water partition coefficient (Wildman–Crippen LogP) is 2.35. The number of benzene rings is 2. The molecule has 1 aliphatic rings. The van der Waals surface area contributed by atoms with Crippen LogP contribution in [0.25, 0.3) is 0 Å². The van der Waals surface area contributed by atoms with Crippen LogP contribution in [0.1, 0.15) is 11.6 Å². The van der Waals surface area contributed by atoms with Crippen LogP contribution < -0.4 is 9.64 Å². The first-order valence-corrected chi connectivity index (χ1v) is 6.29. The first-order valence-electron chi connectivity index (χ1n) is 6.29. The van der Waals surface area contributed by atoms with Gasteiger partial charge in [0, 0.05) is 5.69 Å². The molecular formula is C16H13NO3. The fourth-order valence-electron chi connectivity index (χ4n) is 2.35. The molecule has 4 nitrogen and oxygen atoms in total. The van der Waals surface area contributed by atoms with E-state index in [4.69, 9.17) is 4.74 Å². The van der Waals surface area contributed by atoms with Crippen LogP contribution in [0.3, 0.4) is 0 Å². The quantitative estimate of drug-likeness (QED) is 0.633. The molecule has 0 bridgehead atoms. The number of methoxy groups -OCH3 is 1. The highest BCUT2D eigenvalue weighted by molar-refractivity contribution is 6.51. The van der Waals surface area contributed by atoms with Crippen LogP contribution in [0.4, 0.5) is 5.69 Å². The second kappa shape index (κ2) is 4.81. The summed E-state index contributed by atoms with van der Waals surface area (Å²) in [4.78, 5) is 25.2. The van der Waals surface area contributed by atoms with E-state index >= 15 is 0 Å². The van der Waals surface area contributed by atoms with Crippen LogP contribution in [0.2, 0.25) is 0 Å². The SMILES string of the molecule is COc1ccc(N2C(=O)C(=O)[C@H]2c2ccccc2)cc1. The summed E-state index contributed by atoms with van der Waals surface area (Å²) >= 11 is 0. The summed E-state index contributed by atoms with van der Waals surface area (Å²) < 4.78 is 5.09. The molecule has 3 rings (SSSR count). The maximum absolute atomic E-state index is 11.9. The molecule has 0 aromatic heterocycles. The van der Waals surface area contributed by atoms with Gasteiger partial charge in [-0.3, -0.25) is 14.5 Å². The molecule has 0 aliphatic carbocycles. The van der Waals surface area contributed by atoms with Gasteiger partial charge in [0.2, 0.25) is 5.78 Å². The molecule has 1 fully saturated rings. The highest BCUT2D eigenvalue weighted by atomic mass is 16.5. The Bertz CT molecular complexity index is 649. The van der Waals surface area contributed by atoms with E-state index in [0.717, 1.165) is 5.56 Å². The molecule has 0 radical (unpaired) electrons. The van der Waals surface area contributed by atoms with Gasteiger partial charge in [-0.2, -0.15) is 0 Å². The molecule has 0 saturated carbocycles. The lowest BCUT2D eigenvalue weighted by atomic mass is 9.91. The minimum Gasteiger partial charge on any atom is -0.497 e. The lowest BCUT2D eigenvalue weighted by Gasteiger charge is -2.38. The Morgan fingerprint density at radius 2 is 1.60 bits per heavy atom. The fourth-order valence-corrected chi connectivity index (χ4v) is 2.35. The topological polar surface area (TPSA) is 46.6 Å². The number of nitrogens with zero attached hydrogens (tertiary/aromatic N) is 1. The number of hydrogen-bond acceptors (Lipinski definition) is 3. The smallest absolute Gasteiger partial charge is 0.297 e. The predicted molar refractivity (Wildman–Crippen MR) is 74.7 cm³/mol. The van der Waals surface area contributed by atoms with Crippen molar-refractivity contribution in [1.29, 1.82) is 0 Å². The lowest BCUT2D eigenvalue weighted by Crippen LogP contribution is -2.56. The van der Waals surface area contributed by atoms with E-state index in [0.29, 0.717) is 11.4 Å². The van der Waals surface area contributed by atoms with E-state index in [1.165, 1.54) is 4.90 Å². The fraction of sp³-hybridized carbons (Fsp3) is 0.125. The van der Waals surface area contributed by atoms with Gasteiger partial charge in [0.15, 0.2) is 0 Å². The molecule has 2 aromatic carbocycles. The van der Waals surface area contributed by atoms with E-state index < -0.39 is 11.9 Å². The Kier molecular flexibility index (Phi) is 2.99. The zero-order valence-electron chi connectivity index (χ0n) is 10.9. The van der Waals surface area contributed by atoms with Crippen molar-refractivity contribution in [2.75, 3.05) is 12.0 Å². The Balaban J connectivity index is 1.94. The number of rotatable bonds is 3. The summed E-state index contributed by atoms with van der Waals surface area (Å²) in [5, 5.41) is 0. The molecular weight excluding hydrogens is 254 g/mol. The first-order chi connectivity index (χ1) is 9.72. The normalized spacial score (nSPS) is 17.9. The zero-order valence-corrected chi connectivity index (χ0v) is 10.9. The number of ether oxygens (including phenoxy) is 1. The van der Waals surface area contributed by atoms with Gasteiger partial charge in [-0.15, -0.1) is 0 Å². The van der Waals surface area contributed by atoms with Crippen molar-refractivity contribution in [2.45, 2.75) is 6.04 Å². The molecule has 20 heavy (non-hydrogen) atoms. The number of Topliss-reactive ketones (excluding diaryl/α,β-unsaturated/α-hetero) is 1. The highest BCUT2D eigenvalue weighted by Crippen LogP contribution is 2.36. The summed E-state index contributed by atoms with van der Waals surface area (Å²) in [6, 6.07) is 15.9. The van der Waals surface area contributed by atoms with Crippen LogP contribution in [-0.2, 0) is 9.59 Å². The number of hydrogen-bond donors (Lipinski definition) is 0. The van der Waals surface area contributed by atoms with Gasteiger partial charge in [-0.1, -0.05) is 30.3 Å². The number of carbonyl (C=O) groups is 2. The molecule has 1 amide bonds. The van der Waals surface area contributed by atoms with Crippen LogP contribution in [-0.4, -0.2) is 18.8 Å². The van der Waals surface area contributed by atoms with Crippen LogP contribution >= 0.6 is 0 Å². The second-order valence-electron chi connectivity index (χ2n) is 4.55. The molecule has 1 atom stereocenters. The summed E-state index contributed by atoms with van der Waals surface area (Å²) in [5.74, 6) is -0.125. The van der Waals surface area contributed by atoms with Gasteiger partial charge in [0.1, 0.15) is 11.8 Å². The van der Waals surface area contributed by atoms with Crippen molar-refractivity contribution in [2.24, 2.45) is 0 Å². The average molecular weight is 267 g/mol.